The van der Waals surface area contributed by atoms with Gasteiger partial charge in [-0.2, -0.15) is 0 Å². The van der Waals surface area contributed by atoms with Crippen LogP contribution in [0.15, 0.2) is 35.8 Å². The summed E-state index contributed by atoms with van der Waals surface area (Å²) in [6.07, 6.45) is 3.00. The number of fused-ring (bicyclic) bond motifs is 1. The highest BCUT2D eigenvalue weighted by atomic mass is 32.1. The molecule has 0 bridgehead atoms. The topological polar surface area (TPSA) is 37.0 Å². The summed E-state index contributed by atoms with van der Waals surface area (Å²) >= 11 is 1.71. The zero-order valence-corrected chi connectivity index (χ0v) is 11.9. The van der Waals surface area contributed by atoms with E-state index in [0.29, 0.717) is 12.1 Å². The third-order valence-electron chi connectivity index (χ3n) is 3.67. The maximum Gasteiger partial charge on any atom is 0.109 e. The summed E-state index contributed by atoms with van der Waals surface area (Å²) in [5, 5.41) is 10.4. The molecule has 0 amide bonds. The first kappa shape index (κ1) is 12.8. The predicted octanol–water partition coefficient (Wildman–Crippen LogP) is 2.68. The molecule has 0 radical (unpaired) electrons. The maximum absolute atomic E-state index is 4.36. The van der Waals surface area contributed by atoms with Crippen LogP contribution in [0, 0.1) is 0 Å². The number of aromatic nitrogens is 1. The third kappa shape index (κ3) is 2.86. The van der Waals surface area contributed by atoms with Gasteiger partial charge in [0.05, 0.1) is 6.04 Å². The highest BCUT2D eigenvalue weighted by molar-refractivity contribution is 7.09. The van der Waals surface area contributed by atoms with E-state index in [1.807, 2.05) is 11.6 Å². The van der Waals surface area contributed by atoms with Crippen molar-refractivity contribution >= 4 is 11.3 Å². The fourth-order valence-corrected chi connectivity index (χ4v) is 3.28. The smallest absolute Gasteiger partial charge is 0.109 e. The Bertz CT molecular complexity index is 524. The second kappa shape index (κ2) is 5.82. The highest BCUT2D eigenvalue weighted by Gasteiger charge is 2.19. The molecule has 0 spiro atoms. The fourth-order valence-electron chi connectivity index (χ4n) is 2.61. The van der Waals surface area contributed by atoms with Crippen molar-refractivity contribution in [3.63, 3.8) is 0 Å². The Morgan fingerprint density at radius 1 is 1.47 bits per heavy atom. The lowest BCUT2D eigenvalue weighted by atomic mass is 9.94. The van der Waals surface area contributed by atoms with Gasteiger partial charge in [-0.05, 0) is 31.0 Å². The second-order valence-corrected chi connectivity index (χ2v) is 5.88. The Balaban J connectivity index is 1.65. The van der Waals surface area contributed by atoms with Crippen LogP contribution in [-0.4, -0.2) is 18.1 Å². The van der Waals surface area contributed by atoms with Gasteiger partial charge in [-0.3, -0.25) is 0 Å². The van der Waals surface area contributed by atoms with E-state index in [1.54, 1.807) is 11.3 Å². The van der Waals surface area contributed by atoms with E-state index in [-0.39, 0.29) is 0 Å². The quantitative estimate of drug-likeness (QED) is 0.899. The molecule has 0 saturated heterocycles. The number of thiazole rings is 1. The lowest BCUT2D eigenvalue weighted by molar-refractivity contribution is 0.442. The molecule has 3 nitrogen and oxygen atoms in total. The number of rotatable bonds is 4. The molecule has 4 heteroatoms. The van der Waals surface area contributed by atoms with Crippen molar-refractivity contribution in [2.75, 3.05) is 13.1 Å². The van der Waals surface area contributed by atoms with Crippen LogP contribution >= 0.6 is 11.3 Å². The third-order valence-corrected chi connectivity index (χ3v) is 4.62. The van der Waals surface area contributed by atoms with Crippen molar-refractivity contribution < 1.29 is 0 Å². The molecule has 3 rings (SSSR count). The summed E-state index contributed by atoms with van der Waals surface area (Å²) in [7, 11) is 0. The zero-order chi connectivity index (χ0) is 13.1. The van der Waals surface area contributed by atoms with Gasteiger partial charge in [-0.15, -0.1) is 11.3 Å². The Morgan fingerprint density at radius 2 is 2.37 bits per heavy atom. The van der Waals surface area contributed by atoms with Gasteiger partial charge in [-0.25, -0.2) is 4.98 Å². The lowest BCUT2D eigenvalue weighted by Gasteiger charge is -2.28. The number of hydrogen-bond donors (Lipinski definition) is 2. The van der Waals surface area contributed by atoms with Crippen molar-refractivity contribution in [3.8, 4) is 0 Å². The molecule has 0 aliphatic carbocycles. The predicted molar refractivity (Wildman–Crippen MR) is 79.4 cm³/mol. The molecule has 0 saturated carbocycles. The van der Waals surface area contributed by atoms with Crippen LogP contribution in [0.3, 0.4) is 0 Å². The van der Waals surface area contributed by atoms with E-state index < -0.39 is 0 Å². The SMILES string of the molecule is CC(NCC1NCCc2ccccc21)c1nccs1. The van der Waals surface area contributed by atoms with Gasteiger partial charge in [0, 0.05) is 24.2 Å². The molecule has 2 N–H and O–H groups in total. The largest absolute Gasteiger partial charge is 0.309 e. The van der Waals surface area contributed by atoms with E-state index in [0.717, 1.165) is 24.5 Å². The first-order chi connectivity index (χ1) is 9.34. The zero-order valence-electron chi connectivity index (χ0n) is 11.1. The molecular formula is C15H19N3S. The summed E-state index contributed by atoms with van der Waals surface area (Å²) in [6.45, 7) is 4.18. The van der Waals surface area contributed by atoms with Gasteiger partial charge < -0.3 is 10.6 Å². The molecule has 2 atom stereocenters. The van der Waals surface area contributed by atoms with E-state index >= 15 is 0 Å². The summed E-state index contributed by atoms with van der Waals surface area (Å²) in [5.74, 6) is 0. The van der Waals surface area contributed by atoms with Crippen molar-refractivity contribution in [3.05, 3.63) is 52.0 Å². The van der Waals surface area contributed by atoms with E-state index in [4.69, 9.17) is 0 Å². The van der Waals surface area contributed by atoms with Gasteiger partial charge >= 0.3 is 0 Å². The Labute approximate surface area is 118 Å². The van der Waals surface area contributed by atoms with Gasteiger partial charge in [0.25, 0.3) is 0 Å². The molecule has 0 fully saturated rings. The minimum atomic E-state index is 0.316. The fraction of sp³-hybridized carbons (Fsp3) is 0.400. The summed E-state index contributed by atoms with van der Waals surface area (Å²) in [4.78, 5) is 4.36. The van der Waals surface area contributed by atoms with E-state index in [2.05, 4.69) is 46.8 Å². The minimum absolute atomic E-state index is 0.316. The molecule has 1 aromatic heterocycles. The number of nitrogens with zero attached hydrogens (tertiary/aromatic N) is 1. The summed E-state index contributed by atoms with van der Waals surface area (Å²) < 4.78 is 0. The Morgan fingerprint density at radius 3 is 3.21 bits per heavy atom. The highest BCUT2D eigenvalue weighted by Crippen LogP contribution is 2.23. The van der Waals surface area contributed by atoms with Crippen LogP contribution in [0.2, 0.25) is 0 Å². The van der Waals surface area contributed by atoms with Gasteiger partial charge in [-0.1, -0.05) is 24.3 Å². The first-order valence-corrected chi connectivity index (χ1v) is 7.66. The minimum Gasteiger partial charge on any atom is -0.309 e. The molecule has 1 aliphatic rings. The standard InChI is InChI=1S/C15H19N3S/c1-11(15-17-8-9-19-15)18-10-14-13-5-3-2-4-12(13)6-7-16-14/h2-5,8-9,11,14,16,18H,6-7,10H2,1H3. The first-order valence-electron chi connectivity index (χ1n) is 6.78. The van der Waals surface area contributed by atoms with Crippen molar-refractivity contribution in [1.29, 1.82) is 0 Å². The number of benzene rings is 1. The number of nitrogens with one attached hydrogen (secondary N) is 2. The normalized spacial score (nSPS) is 19.9. The van der Waals surface area contributed by atoms with Gasteiger partial charge in [0.15, 0.2) is 0 Å². The van der Waals surface area contributed by atoms with Gasteiger partial charge in [0.2, 0.25) is 0 Å². The lowest BCUT2D eigenvalue weighted by Crippen LogP contribution is -2.37. The van der Waals surface area contributed by atoms with Crippen LogP contribution in [-0.2, 0) is 6.42 Å². The Hall–Kier alpha value is -1.23. The molecule has 19 heavy (non-hydrogen) atoms. The van der Waals surface area contributed by atoms with Crippen molar-refractivity contribution in [1.82, 2.24) is 15.6 Å². The van der Waals surface area contributed by atoms with Crippen molar-refractivity contribution in [2.45, 2.75) is 25.4 Å². The van der Waals surface area contributed by atoms with E-state index in [1.165, 1.54) is 11.1 Å². The average Bonchev–Trinajstić information content (AvgIpc) is 2.99. The molecule has 1 aliphatic heterocycles. The van der Waals surface area contributed by atoms with Crippen LogP contribution in [0.5, 0.6) is 0 Å². The molecule has 1 aromatic carbocycles. The van der Waals surface area contributed by atoms with Crippen LogP contribution < -0.4 is 10.6 Å². The summed E-state index contributed by atoms with van der Waals surface area (Å²) in [5.41, 5.74) is 2.92. The van der Waals surface area contributed by atoms with Crippen LogP contribution in [0.4, 0.5) is 0 Å². The maximum atomic E-state index is 4.36. The van der Waals surface area contributed by atoms with Gasteiger partial charge in [0.1, 0.15) is 5.01 Å². The Kier molecular flexibility index (Phi) is 3.92. The molecule has 2 aromatic rings. The monoisotopic (exact) mass is 273 g/mol. The van der Waals surface area contributed by atoms with Crippen molar-refractivity contribution in [2.24, 2.45) is 0 Å². The second-order valence-electron chi connectivity index (χ2n) is 4.96. The van der Waals surface area contributed by atoms with Crippen LogP contribution in [0.1, 0.15) is 35.1 Å². The van der Waals surface area contributed by atoms with E-state index in [9.17, 15) is 0 Å². The van der Waals surface area contributed by atoms with Crippen LogP contribution in [0.25, 0.3) is 0 Å². The average molecular weight is 273 g/mol. The molecule has 100 valence electrons. The molecular weight excluding hydrogens is 254 g/mol. The number of hydrogen-bond acceptors (Lipinski definition) is 4. The molecule has 2 unspecified atom stereocenters. The molecule has 2 heterocycles. The summed E-state index contributed by atoms with van der Waals surface area (Å²) in [6, 6.07) is 9.47.